The zero-order valence-electron chi connectivity index (χ0n) is 22.3. The smallest absolute Gasteiger partial charge is 0.325 e. The molecule has 3 aliphatic rings. The third-order valence-corrected chi connectivity index (χ3v) is 8.81. The van der Waals surface area contributed by atoms with Gasteiger partial charge in [0.2, 0.25) is 5.91 Å². The lowest BCUT2D eigenvalue weighted by molar-refractivity contribution is -0.136. The Morgan fingerprint density at radius 3 is 2.56 bits per heavy atom. The highest BCUT2D eigenvalue weighted by Crippen LogP contribution is 2.45. The van der Waals surface area contributed by atoms with Crippen molar-refractivity contribution >= 4 is 17.8 Å². The van der Waals surface area contributed by atoms with Crippen molar-refractivity contribution in [2.24, 2.45) is 11.3 Å². The average molecular weight is 499 g/mol. The summed E-state index contributed by atoms with van der Waals surface area (Å²) < 4.78 is 5.52. The Morgan fingerprint density at radius 2 is 1.92 bits per heavy atom. The average Bonchev–Trinajstić information content (AvgIpc) is 3.09. The second kappa shape index (κ2) is 10.9. The highest BCUT2D eigenvalue weighted by molar-refractivity contribution is 6.09. The molecule has 1 saturated carbocycles. The maximum Gasteiger partial charge on any atom is 0.325 e. The molecule has 2 N–H and O–H groups in total. The third-order valence-electron chi connectivity index (χ3n) is 8.81. The van der Waals surface area contributed by atoms with Gasteiger partial charge in [-0.3, -0.25) is 19.4 Å². The van der Waals surface area contributed by atoms with E-state index in [0.717, 1.165) is 42.8 Å². The number of imide groups is 1. The van der Waals surface area contributed by atoms with Gasteiger partial charge in [0.15, 0.2) is 0 Å². The first-order valence-corrected chi connectivity index (χ1v) is 13.4. The zero-order chi connectivity index (χ0) is 25.9. The molecule has 3 fully saturated rings. The Hall–Kier alpha value is -2.45. The summed E-state index contributed by atoms with van der Waals surface area (Å²) in [7, 11) is 0. The van der Waals surface area contributed by atoms with Gasteiger partial charge in [-0.15, -0.1) is 0 Å². The van der Waals surface area contributed by atoms with Crippen LogP contribution in [0.5, 0.6) is 0 Å². The topological polar surface area (TPSA) is 91.0 Å². The van der Waals surface area contributed by atoms with Crippen molar-refractivity contribution < 1.29 is 19.1 Å². The molecule has 8 nitrogen and oxygen atoms in total. The fourth-order valence-corrected chi connectivity index (χ4v) is 5.97. The maximum atomic E-state index is 13.3. The van der Waals surface area contributed by atoms with Crippen molar-refractivity contribution in [3.63, 3.8) is 0 Å². The van der Waals surface area contributed by atoms with Crippen LogP contribution < -0.4 is 10.6 Å². The summed E-state index contributed by atoms with van der Waals surface area (Å²) in [4.78, 5) is 42.5. The molecular formula is C28H42N4O4. The SMILES string of the molecule is CCC(C)(C)C1CCC2(CC1)NC(=O)N(CC(=O)NCC(c1cccc(C)c1)N1CCOCC1)C2=O. The number of morpholine rings is 1. The standard InChI is InChI=1S/C28H42N4O4/c1-5-27(3,4)22-9-11-28(12-10-22)25(34)32(26(35)30-28)19-24(33)29-18-23(31-13-15-36-16-14-31)21-8-6-7-20(2)17-21/h6-8,17,22-23H,5,9-16,18-19H2,1-4H3,(H,29,33)(H,30,35). The van der Waals surface area contributed by atoms with E-state index >= 15 is 0 Å². The summed E-state index contributed by atoms with van der Waals surface area (Å²) in [5.74, 6) is -0.0324. The minimum absolute atomic E-state index is 0.00407. The van der Waals surface area contributed by atoms with E-state index in [-0.39, 0.29) is 29.8 Å². The predicted molar refractivity (Wildman–Crippen MR) is 138 cm³/mol. The Morgan fingerprint density at radius 1 is 1.22 bits per heavy atom. The van der Waals surface area contributed by atoms with Crippen LogP contribution in [-0.2, 0) is 14.3 Å². The van der Waals surface area contributed by atoms with Crippen molar-refractivity contribution in [2.45, 2.75) is 71.4 Å². The number of hydrogen-bond donors (Lipinski definition) is 2. The van der Waals surface area contributed by atoms with Gasteiger partial charge < -0.3 is 15.4 Å². The van der Waals surface area contributed by atoms with Crippen LogP contribution in [0.15, 0.2) is 24.3 Å². The van der Waals surface area contributed by atoms with E-state index in [1.165, 1.54) is 5.56 Å². The molecule has 1 atom stereocenters. The van der Waals surface area contributed by atoms with Gasteiger partial charge in [0, 0.05) is 19.6 Å². The number of ether oxygens (including phenoxy) is 1. The van der Waals surface area contributed by atoms with Crippen LogP contribution in [0, 0.1) is 18.3 Å². The molecule has 0 bridgehead atoms. The van der Waals surface area contributed by atoms with Crippen molar-refractivity contribution in [1.82, 2.24) is 20.4 Å². The van der Waals surface area contributed by atoms with Gasteiger partial charge >= 0.3 is 6.03 Å². The molecule has 1 aromatic carbocycles. The summed E-state index contributed by atoms with van der Waals surface area (Å²) in [6.07, 6.45) is 4.17. The summed E-state index contributed by atoms with van der Waals surface area (Å²) in [5, 5.41) is 5.95. The van der Waals surface area contributed by atoms with Gasteiger partial charge in [-0.25, -0.2) is 4.79 Å². The molecule has 1 unspecified atom stereocenters. The number of carbonyl (C=O) groups is 3. The van der Waals surface area contributed by atoms with E-state index in [1.807, 2.05) is 6.07 Å². The molecule has 2 heterocycles. The normalized spacial score (nSPS) is 26.2. The van der Waals surface area contributed by atoms with Gasteiger partial charge in [0.1, 0.15) is 12.1 Å². The number of nitrogens with one attached hydrogen (secondary N) is 2. The van der Waals surface area contributed by atoms with E-state index in [9.17, 15) is 14.4 Å². The summed E-state index contributed by atoms with van der Waals surface area (Å²) >= 11 is 0. The molecule has 2 aliphatic heterocycles. The van der Waals surface area contributed by atoms with Crippen LogP contribution in [0.3, 0.4) is 0 Å². The summed E-state index contributed by atoms with van der Waals surface area (Å²) in [5.41, 5.74) is 1.67. The maximum absolute atomic E-state index is 13.3. The number of nitrogens with zero attached hydrogens (tertiary/aromatic N) is 2. The first-order chi connectivity index (χ1) is 17.1. The molecule has 4 amide bonds. The first kappa shape index (κ1) is 26.6. The van der Waals surface area contributed by atoms with Gasteiger partial charge in [-0.05, 0) is 49.5 Å². The van der Waals surface area contributed by atoms with Crippen LogP contribution in [0.1, 0.15) is 70.0 Å². The minimum atomic E-state index is -0.852. The third kappa shape index (κ3) is 5.59. The van der Waals surface area contributed by atoms with Crippen LogP contribution in [0.2, 0.25) is 0 Å². The molecule has 0 radical (unpaired) electrons. The predicted octanol–water partition coefficient (Wildman–Crippen LogP) is 3.40. The lowest BCUT2D eigenvalue weighted by atomic mass is 9.65. The monoisotopic (exact) mass is 498 g/mol. The molecular weight excluding hydrogens is 456 g/mol. The second-order valence-electron chi connectivity index (χ2n) is 11.4. The number of amides is 4. The molecule has 0 aromatic heterocycles. The van der Waals surface area contributed by atoms with E-state index in [1.54, 1.807) is 0 Å². The second-order valence-corrected chi connectivity index (χ2v) is 11.4. The molecule has 36 heavy (non-hydrogen) atoms. The number of aryl methyl sites for hydroxylation is 1. The number of benzene rings is 1. The van der Waals surface area contributed by atoms with Crippen LogP contribution in [0.4, 0.5) is 4.79 Å². The van der Waals surface area contributed by atoms with Crippen LogP contribution in [0.25, 0.3) is 0 Å². The summed E-state index contributed by atoms with van der Waals surface area (Å²) in [6.45, 7) is 11.9. The van der Waals surface area contributed by atoms with Gasteiger partial charge in [0.25, 0.3) is 5.91 Å². The lowest BCUT2D eigenvalue weighted by Crippen LogP contribution is -2.51. The van der Waals surface area contributed by atoms with E-state index in [0.29, 0.717) is 38.5 Å². The largest absolute Gasteiger partial charge is 0.379 e. The minimum Gasteiger partial charge on any atom is -0.379 e. The van der Waals surface area contributed by atoms with Gasteiger partial charge in [0.05, 0.1) is 19.3 Å². The van der Waals surface area contributed by atoms with Gasteiger partial charge in [-0.2, -0.15) is 0 Å². The van der Waals surface area contributed by atoms with E-state index in [4.69, 9.17) is 4.74 Å². The van der Waals surface area contributed by atoms with Crippen LogP contribution in [-0.4, -0.2) is 72.6 Å². The van der Waals surface area contributed by atoms with Crippen LogP contribution >= 0.6 is 0 Å². The number of rotatable bonds is 8. The quantitative estimate of drug-likeness (QED) is 0.536. The summed E-state index contributed by atoms with van der Waals surface area (Å²) in [6, 6.07) is 7.86. The van der Waals surface area contributed by atoms with Crippen molar-refractivity contribution in [2.75, 3.05) is 39.4 Å². The van der Waals surface area contributed by atoms with Crippen molar-refractivity contribution in [3.05, 3.63) is 35.4 Å². The van der Waals surface area contributed by atoms with Gasteiger partial charge in [-0.1, -0.05) is 57.0 Å². The molecule has 8 heteroatoms. The van der Waals surface area contributed by atoms with E-state index < -0.39 is 11.6 Å². The Kier molecular flexibility index (Phi) is 8.05. The molecule has 4 rings (SSSR count). The van der Waals surface area contributed by atoms with Crippen molar-refractivity contribution in [3.8, 4) is 0 Å². The Balaban J connectivity index is 1.37. The van der Waals surface area contributed by atoms with E-state index in [2.05, 4.69) is 61.4 Å². The molecule has 1 spiro atoms. The Bertz CT molecular complexity index is 964. The molecule has 1 aliphatic carbocycles. The van der Waals surface area contributed by atoms with Crippen molar-refractivity contribution in [1.29, 1.82) is 0 Å². The number of hydrogen-bond acceptors (Lipinski definition) is 5. The Labute approximate surface area is 215 Å². The number of urea groups is 1. The number of carbonyl (C=O) groups excluding carboxylic acids is 3. The first-order valence-electron chi connectivity index (χ1n) is 13.4. The molecule has 198 valence electrons. The molecule has 2 saturated heterocycles. The highest BCUT2D eigenvalue weighted by atomic mass is 16.5. The zero-order valence-corrected chi connectivity index (χ0v) is 22.3. The molecule has 1 aromatic rings. The highest BCUT2D eigenvalue weighted by Gasteiger charge is 2.53. The fraction of sp³-hybridized carbons (Fsp3) is 0.679. The fourth-order valence-electron chi connectivity index (χ4n) is 5.97. The lowest BCUT2D eigenvalue weighted by Gasteiger charge is -2.42.